The van der Waals surface area contributed by atoms with Crippen molar-refractivity contribution in [2.45, 2.75) is 57.2 Å². The van der Waals surface area contributed by atoms with E-state index in [9.17, 15) is 19.2 Å². The van der Waals surface area contributed by atoms with Gasteiger partial charge in [-0.15, -0.1) is 0 Å². The van der Waals surface area contributed by atoms with E-state index < -0.39 is 36.0 Å². The van der Waals surface area contributed by atoms with Crippen LogP contribution in [0.1, 0.15) is 61.0 Å². The van der Waals surface area contributed by atoms with Crippen LogP contribution in [-0.4, -0.2) is 36.0 Å². The standard InChI is InChI=1S/C25H28ClN3O5/c1-16(23(31)29-25(33)27-18-11-5-6-12-18)34-22(30)15-21(17-9-3-2-4-10-17)28-24(32)19-13-7-8-14-20(19)26/h2-4,7-10,13-14,16,18,21H,5-6,11-12,15H2,1H3,(H,28,32)(H2,27,29,31,33)/t16-,21+/m0/s1. The van der Waals surface area contributed by atoms with E-state index in [1.165, 1.54) is 6.92 Å². The van der Waals surface area contributed by atoms with Gasteiger partial charge in [-0.05, 0) is 37.5 Å². The third-order valence-corrected chi connectivity index (χ3v) is 5.93. The molecule has 3 N–H and O–H groups in total. The second kappa shape index (κ2) is 12.2. The summed E-state index contributed by atoms with van der Waals surface area (Å²) in [7, 11) is 0. The second-order valence-electron chi connectivity index (χ2n) is 8.20. The van der Waals surface area contributed by atoms with Gasteiger partial charge in [0.05, 0.1) is 23.0 Å². The lowest BCUT2D eigenvalue weighted by Gasteiger charge is -2.20. The molecule has 34 heavy (non-hydrogen) atoms. The molecular weight excluding hydrogens is 458 g/mol. The van der Waals surface area contributed by atoms with Crippen LogP contribution in [-0.2, 0) is 14.3 Å². The van der Waals surface area contributed by atoms with E-state index in [0.29, 0.717) is 5.56 Å². The van der Waals surface area contributed by atoms with Crippen LogP contribution in [0.4, 0.5) is 4.79 Å². The minimum Gasteiger partial charge on any atom is -0.452 e. The van der Waals surface area contributed by atoms with E-state index in [4.69, 9.17) is 16.3 Å². The number of rotatable bonds is 8. The van der Waals surface area contributed by atoms with E-state index in [2.05, 4.69) is 16.0 Å². The molecule has 0 bridgehead atoms. The fourth-order valence-corrected chi connectivity index (χ4v) is 4.01. The first-order chi connectivity index (χ1) is 16.3. The highest BCUT2D eigenvalue weighted by Gasteiger charge is 2.26. The van der Waals surface area contributed by atoms with Crippen LogP contribution in [0.5, 0.6) is 0 Å². The molecule has 180 valence electrons. The summed E-state index contributed by atoms with van der Waals surface area (Å²) in [6.07, 6.45) is 2.45. The Bertz CT molecular complexity index is 1020. The number of benzene rings is 2. The Morgan fingerprint density at radius 3 is 2.32 bits per heavy atom. The molecular formula is C25H28ClN3O5. The molecule has 0 saturated heterocycles. The van der Waals surface area contributed by atoms with Crippen LogP contribution < -0.4 is 16.0 Å². The highest BCUT2D eigenvalue weighted by atomic mass is 35.5. The highest BCUT2D eigenvalue weighted by molar-refractivity contribution is 6.33. The average molecular weight is 486 g/mol. The Kier molecular flexibility index (Phi) is 9.04. The normalized spacial score (nSPS) is 15.1. The van der Waals surface area contributed by atoms with Crippen molar-refractivity contribution in [2.75, 3.05) is 0 Å². The molecule has 0 aliphatic heterocycles. The van der Waals surface area contributed by atoms with Gasteiger partial charge in [0.15, 0.2) is 6.10 Å². The Hall–Kier alpha value is -3.39. The minimum absolute atomic E-state index is 0.0546. The molecule has 0 radical (unpaired) electrons. The number of esters is 1. The first-order valence-corrected chi connectivity index (χ1v) is 11.6. The smallest absolute Gasteiger partial charge is 0.321 e. The maximum absolute atomic E-state index is 12.8. The van der Waals surface area contributed by atoms with Gasteiger partial charge < -0.3 is 15.4 Å². The van der Waals surface area contributed by atoms with Gasteiger partial charge in [0, 0.05) is 6.04 Å². The molecule has 0 aromatic heterocycles. The first-order valence-electron chi connectivity index (χ1n) is 11.2. The number of imide groups is 1. The Morgan fingerprint density at radius 2 is 1.65 bits per heavy atom. The van der Waals surface area contributed by atoms with E-state index >= 15 is 0 Å². The Morgan fingerprint density at radius 1 is 1.00 bits per heavy atom. The molecule has 0 heterocycles. The monoisotopic (exact) mass is 485 g/mol. The van der Waals surface area contributed by atoms with Crippen LogP contribution in [0.15, 0.2) is 54.6 Å². The van der Waals surface area contributed by atoms with Crippen LogP contribution in [0.2, 0.25) is 5.02 Å². The molecule has 2 aromatic carbocycles. The number of hydrogen-bond acceptors (Lipinski definition) is 5. The van der Waals surface area contributed by atoms with Crippen molar-refractivity contribution in [1.29, 1.82) is 0 Å². The first kappa shape index (κ1) is 25.2. The van der Waals surface area contributed by atoms with Crippen LogP contribution in [0.3, 0.4) is 0 Å². The molecule has 1 saturated carbocycles. The summed E-state index contributed by atoms with van der Waals surface area (Å²) in [5.74, 6) is -1.87. The van der Waals surface area contributed by atoms with Crippen molar-refractivity contribution in [2.24, 2.45) is 0 Å². The van der Waals surface area contributed by atoms with Crippen LogP contribution in [0, 0.1) is 0 Å². The van der Waals surface area contributed by atoms with Gasteiger partial charge in [-0.25, -0.2) is 4.79 Å². The van der Waals surface area contributed by atoms with Crippen molar-refractivity contribution in [3.05, 3.63) is 70.7 Å². The lowest BCUT2D eigenvalue weighted by atomic mass is 10.0. The topological polar surface area (TPSA) is 114 Å². The fourth-order valence-electron chi connectivity index (χ4n) is 3.79. The van der Waals surface area contributed by atoms with Crippen molar-refractivity contribution < 1.29 is 23.9 Å². The molecule has 0 unspecified atom stereocenters. The predicted molar refractivity (Wildman–Crippen MR) is 127 cm³/mol. The van der Waals surface area contributed by atoms with Crippen molar-refractivity contribution in [1.82, 2.24) is 16.0 Å². The Balaban J connectivity index is 1.59. The molecule has 1 aliphatic carbocycles. The van der Waals surface area contributed by atoms with Gasteiger partial charge in [0.1, 0.15) is 0 Å². The number of urea groups is 1. The molecule has 0 spiro atoms. The third-order valence-electron chi connectivity index (χ3n) is 5.60. The maximum atomic E-state index is 12.8. The zero-order valence-corrected chi connectivity index (χ0v) is 19.6. The quantitative estimate of drug-likeness (QED) is 0.491. The highest BCUT2D eigenvalue weighted by Crippen LogP contribution is 2.21. The van der Waals surface area contributed by atoms with Crippen LogP contribution in [0.25, 0.3) is 0 Å². The maximum Gasteiger partial charge on any atom is 0.321 e. The summed E-state index contributed by atoms with van der Waals surface area (Å²) in [4.78, 5) is 49.7. The van der Waals surface area contributed by atoms with E-state index in [1.54, 1.807) is 48.5 Å². The number of nitrogens with one attached hydrogen (secondary N) is 3. The zero-order chi connectivity index (χ0) is 24.5. The summed E-state index contributed by atoms with van der Waals surface area (Å²) in [5, 5.41) is 8.05. The third kappa shape index (κ3) is 7.31. The Labute approximate surface area is 203 Å². The van der Waals surface area contributed by atoms with Gasteiger partial charge in [-0.3, -0.25) is 19.7 Å². The number of hydrogen-bond donors (Lipinski definition) is 3. The summed E-state index contributed by atoms with van der Waals surface area (Å²) in [5.41, 5.74) is 0.965. The number of amides is 4. The largest absolute Gasteiger partial charge is 0.452 e. The summed E-state index contributed by atoms with van der Waals surface area (Å²) in [6, 6.07) is 14.3. The summed E-state index contributed by atoms with van der Waals surface area (Å²) in [6.45, 7) is 1.38. The van der Waals surface area contributed by atoms with Crippen molar-refractivity contribution in [3.8, 4) is 0 Å². The number of halogens is 1. The second-order valence-corrected chi connectivity index (χ2v) is 8.60. The van der Waals surface area contributed by atoms with Gasteiger partial charge in [0.25, 0.3) is 11.8 Å². The molecule has 2 atom stereocenters. The van der Waals surface area contributed by atoms with Crippen molar-refractivity contribution >= 4 is 35.4 Å². The van der Waals surface area contributed by atoms with Gasteiger partial charge >= 0.3 is 12.0 Å². The van der Waals surface area contributed by atoms with Crippen molar-refractivity contribution in [3.63, 3.8) is 0 Å². The fraction of sp³-hybridized carbons (Fsp3) is 0.360. The molecule has 1 aliphatic rings. The molecule has 3 rings (SSSR count). The molecule has 1 fully saturated rings. The van der Waals surface area contributed by atoms with E-state index in [1.807, 2.05) is 6.07 Å². The van der Waals surface area contributed by atoms with Crippen LogP contribution >= 0.6 is 11.6 Å². The number of ether oxygens (including phenoxy) is 1. The lowest BCUT2D eigenvalue weighted by Crippen LogP contribution is -2.47. The van der Waals surface area contributed by atoms with Gasteiger partial charge in [-0.1, -0.05) is 66.9 Å². The number of carbonyl (C=O) groups is 4. The van der Waals surface area contributed by atoms with E-state index in [0.717, 1.165) is 25.7 Å². The number of carbonyl (C=O) groups excluding carboxylic acids is 4. The lowest BCUT2D eigenvalue weighted by molar-refractivity contribution is -0.154. The predicted octanol–water partition coefficient (Wildman–Crippen LogP) is 3.90. The molecule has 4 amide bonds. The zero-order valence-electron chi connectivity index (χ0n) is 18.9. The SMILES string of the molecule is C[C@H](OC(=O)C[C@@H](NC(=O)c1ccccc1Cl)c1ccccc1)C(=O)NC(=O)NC1CCCC1. The summed E-state index contributed by atoms with van der Waals surface area (Å²) < 4.78 is 5.24. The average Bonchev–Trinajstić information content (AvgIpc) is 3.32. The van der Waals surface area contributed by atoms with Gasteiger partial charge in [-0.2, -0.15) is 0 Å². The molecule has 9 heteroatoms. The minimum atomic E-state index is -1.18. The van der Waals surface area contributed by atoms with Gasteiger partial charge in [0.2, 0.25) is 0 Å². The molecule has 2 aromatic rings. The molecule has 8 nitrogen and oxygen atoms in total. The van der Waals surface area contributed by atoms with E-state index in [-0.39, 0.29) is 23.0 Å². The summed E-state index contributed by atoms with van der Waals surface area (Å²) >= 11 is 6.12.